The maximum atomic E-state index is 13.0. The highest BCUT2D eigenvalue weighted by molar-refractivity contribution is 7.17. The molecule has 2 amide bonds. The van der Waals surface area contributed by atoms with Crippen LogP contribution in [0.1, 0.15) is 81.8 Å². The van der Waals surface area contributed by atoms with Crippen molar-refractivity contribution < 1.29 is 33.4 Å². The van der Waals surface area contributed by atoms with Gasteiger partial charge in [0.1, 0.15) is 17.5 Å². The quantitative estimate of drug-likeness (QED) is 0.156. The number of nitrogens with one attached hydrogen (secondary N) is 2. The Morgan fingerprint density at radius 3 is 2.47 bits per heavy atom. The highest BCUT2D eigenvalue weighted by Gasteiger charge is 2.38. The van der Waals surface area contributed by atoms with Gasteiger partial charge in [-0.1, -0.05) is 43.7 Å². The van der Waals surface area contributed by atoms with Crippen LogP contribution in [0.4, 0.5) is 10.5 Å². The van der Waals surface area contributed by atoms with Crippen molar-refractivity contribution in [3.05, 3.63) is 65.9 Å². The summed E-state index contributed by atoms with van der Waals surface area (Å²) in [5, 5.41) is 15.4. The number of anilines is 1. The summed E-state index contributed by atoms with van der Waals surface area (Å²) in [5.41, 5.74) is 1.79. The van der Waals surface area contributed by atoms with Crippen molar-refractivity contribution in [2.24, 2.45) is 5.92 Å². The third kappa shape index (κ3) is 11.0. The summed E-state index contributed by atoms with van der Waals surface area (Å²) in [6, 6.07) is 16.4. The number of hydrogen-bond donors (Lipinski definition) is 3. The van der Waals surface area contributed by atoms with E-state index in [1.807, 2.05) is 52.9 Å². The van der Waals surface area contributed by atoms with Crippen molar-refractivity contribution in [1.29, 1.82) is 0 Å². The molecule has 10 nitrogen and oxygen atoms in total. The summed E-state index contributed by atoms with van der Waals surface area (Å²) in [4.78, 5) is 48.2. The second-order valence-corrected chi connectivity index (χ2v) is 13.2. The van der Waals surface area contributed by atoms with Crippen LogP contribution in [-0.4, -0.2) is 65.3 Å². The van der Waals surface area contributed by atoms with Gasteiger partial charge in [0, 0.05) is 28.7 Å². The summed E-state index contributed by atoms with van der Waals surface area (Å²) < 4.78 is 10.4. The lowest BCUT2D eigenvalue weighted by Crippen LogP contribution is -2.40. The largest absolute Gasteiger partial charge is 0.475 e. The molecule has 0 bridgehead atoms. The minimum atomic E-state index is -1.12. The van der Waals surface area contributed by atoms with Crippen molar-refractivity contribution in [3.8, 4) is 0 Å². The minimum absolute atomic E-state index is 0.0102. The second kappa shape index (κ2) is 16.5. The number of carbonyl (C=O) groups is 4. The van der Waals surface area contributed by atoms with Crippen LogP contribution in [0.2, 0.25) is 0 Å². The molecular weight excluding hydrogens is 593 g/mol. The van der Waals surface area contributed by atoms with Gasteiger partial charge in [0.2, 0.25) is 11.7 Å². The second-order valence-electron chi connectivity index (χ2n) is 12.4. The van der Waals surface area contributed by atoms with Crippen LogP contribution in [0.5, 0.6) is 0 Å². The normalized spacial score (nSPS) is 17.9. The lowest BCUT2D eigenvalue weighted by molar-refractivity contribution is -0.120. The number of nitrogens with zero attached hydrogens (tertiary/aromatic N) is 1. The topological polar surface area (TPSA) is 138 Å². The van der Waals surface area contributed by atoms with Gasteiger partial charge >= 0.3 is 12.1 Å². The van der Waals surface area contributed by atoms with Crippen LogP contribution in [0.15, 0.2) is 59.0 Å². The first-order chi connectivity index (χ1) is 21.3. The molecule has 2 aromatic carbocycles. The highest BCUT2D eigenvalue weighted by atomic mass is 31.0. The smallest absolute Gasteiger partial charge is 0.408 e. The number of alkyl carbamates (subject to hydrolysis) is 1. The van der Waals surface area contributed by atoms with Crippen molar-refractivity contribution >= 4 is 50.2 Å². The molecule has 1 aliphatic heterocycles. The molecule has 0 spiro atoms. The van der Waals surface area contributed by atoms with Gasteiger partial charge in [0.05, 0.1) is 6.04 Å². The summed E-state index contributed by atoms with van der Waals surface area (Å²) in [6.07, 6.45) is 5.05. The third-order valence-electron chi connectivity index (χ3n) is 7.65. The number of aromatic carboxylic acids is 1. The van der Waals surface area contributed by atoms with Crippen molar-refractivity contribution in [2.75, 3.05) is 18.9 Å². The van der Waals surface area contributed by atoms with E-state index in [2.05, 4.69) is 36.9 Å². The molecule has 0 aliphatic carbocycles. The molecule has 1 fully saturated rings. The number of ether oxygens (including phenoxy) is 1. The van der Waals surface area contributed by atoms with E-state index < -0.39 is 17.7 Å². The molecule has 244 valence electrons. The summed E-state index contributed by atoms with van der Waals surface area (Å²) in [5.74, 6) is -1.02. The van der Waals surface area contributed by atoms with Gasteiger partial charge in [-0.15, -0.1) is 9.24 Å². The van der Waals surface area contributed by atoms with E-state index in [0.717, 1.165) is 44.9 Å². The predicted molar refractivity (Wildman–Crippen MR) is 179 cm³/mol. The first kappa shape index (κ1) is 35.7. The minimum Gasteiger partial charge on any atom is -0.475 e. The number of likely N-dealkylation sites (N-methyl/N-ethyl adjacent to an activating group) is 1. The Bertz CT molecular complexity index is 1440. The number of aldehydes is 1. The lowest BCUT2D eigenvalue weighted by atomic mass is 9.91. The molecule has 5 atom stereocenters. The fourth-order valence-electron chi connectivity index (χ4n) is 5.32. The first-order valence-corrected chi connectivity index (χ1v) is 16.0. The monoisotopic (exact) mass is 639 g/mol. The maximum Gasteiger partial charge on any atom is 0.408 e. The van der Waals surface area contributed by atoms with Crippen molar-refractivity contribution in [1.82, 2.24) is 10.2 Å². The number of amides is 2. The molecule has 0 radical (unpaired) electrons. The van der Waals surface area contributed by atoms with E-state index >= 15 is 0 Å². The number of carbonyl (C=O) groups excluding carboxylic acids is 3. The van der Waals surface area contributed by atoms with Gasteiger partial charge in [-0.2, -0.15) is 0 Å². The van der Waals surface area contributed by atoms with Crippen LogP contribution in [-0.2, 0) is 14.3 Å². The number of furan rings is 1. The van der Waals surface area contributed by atoms with E-state index in [1.54, 1.807) is 18.2 Å². The van der Waals surface area contributed by atoms with Crippen LogP contribution in [0.3, 0.4) is 0 Å². The number of carboxylic acid groups (broad SMARTS) is 1. The number of fused-ring (bicyclic) bond motifs is 1. The van der Waals surface area contributed by atoms with Crippen LogP contribution < -0.4 is 10.6 Å². The zero-order chi connectivity index (χ0) is 33.1. The Balaban J connectivity index is 0.000000270. The molecule has 3 N–H and O–H groups in total. The van der Waals surface area contributed by atoms with Gasteiger partial charge in [0.25, 0.3) is 0 Å². The number of carboxylic acids is 1. The Hall–Kier alpha value is -3.75. The zero-order valence-corrected chi connectivity index (χ0v) is 27.9. The summed E-state index contributed by atoms with van der Waals surface area (Å²) in [6.45, 7) is 8.37. The summed E-state index contributed by atoms with van der Waals surface area (Å²) >= 11 is 0. The molecule has 1 aromatic heterocycles. The molecule has 2 heterocycles. The van der Waals surface area contributed by atoms with E-state index in [-0.39, 0.29) is 35.3 Å². The van der Waals surface area contributed by atoms with E-state index in [1.165, 1.54) is 11.6 Å². The third-order valence-corrected chi connectivity index (χ3v) is 8.15. The number of hydrogen-bond acceptors (Lipinski definition) is 7. The number of rotatable bonds is 11. The Morgan fingerprint density at radius 2 is 1.84 bits per heavy atom. The van der Waals surface area contributed by atoms with Gasteiger partial charge in [-0.25, -0.2) is 9.59 Å². The molecule has 0 saturated carbocycles. The van der Waals surface area contributed by atoms with E-state index in [0.29, 0.717) is 16.7 Å². The molecule has 45 heavy (non-hydrogen) atoms. The maximum absolute atomic E-state index is 13.0. The van der Waals surface area contributed by atoms with E-state index in [9.17, 15) is 19.2 Å². The summed E-state index contributed by atoms with van der Waals surface area (Å²) in [7, 11) is 4.55. The SMILES string of the molecule is CCC(C=O)CCCC(P)NC(=O)OC(C)(C)C.CN1CC[C@H](c2ccccc2)C1C(=O)Nc1ccc2oc(C(=O)O)cc2c1. The highest BCUT2D eigenvalue weighted by Crippen LogP contribution is 2.33. The average Bonchev–Trinajstić information content (AvgIpc) is 3.58. The fraction of sp³-hybridized carbons (Fsp3) is 0.471. The molecule has 4 rings (SSSR count). The molecule has 1 saturated heterocycles. The van der Waals surface area contributed by atoms with Gasteiger partial charge in [-0.3, -0.25) is 9.69 Å². The van der Waals surface area contributed by atoms with Crippen LogP contribution in [0.25, 0.3) is 11.0 Å². The average molecular weight is 640 g/mol. The Labute approximate surface area is 267 Å². The predicted octanol–water partition coefficient (Wildman–Crippen LogP) is 6.67. The van der Waals surface area contributed by atoms with Gasteiger partial charge < -0.3 is 29.7 Å². The van der Waals surface area contributed by atoms with Crippen LogP contribution >= 0.6 is 9.24 Å². The molecule has 1 aliphatic rings. The van der Waals surface area contributed by atoms with Crippen molar-refractivity contribution in [2.45, 2.75) is 83.1 Å². The fourth-order valence-corrected chi connectivity index (χ4v) is 5.69. The number of benzene rings is 2. The van der Waals surface area contributed by atoms with Crippen molar-refractivity contribution in [3.63, 3.8) is 0 Å². The standard InChI is InChI=1S/C21H20N2O4.C13H26NO3P/c1-23-10-9-16(13-5-3-2-4-6-13)19(23)20(24)22-15-7-8-17-14(11-15)12-18(27-17)21(25)26;1-5-10(9-15)7-6-8-11(18)14-12(16)17-13(2,3)4/h2-8,11-12,16,19H,9-10H2,1H3,(H,22,24)(H,25,26);9-11H,5-8,18H2,1-4H3,(H,14,16)/t16-,19?;/m1./s1. The molecule has 11 heteroatoms. The first-order valence-electron chi connectivity index (χ1n) is 15.3. The Morgan fingerprint density at radius 1 is 1.13 bits per heavy atom. The molecule has 3 aromatic rings. The van der Waals surface area contributed by atoms with Gasteiger partial charge in [-0.05, 0) is 89.9 Å². The lowest BCUT2D eigenvalue weighted by Gasteiger charge is -2.24. The van der Waals surface area contributed by atoms with Crippen LogP contribution in [0, 0.1) is 5.92 Å². The molecular formula is C34H46N3O7P. The van der Waals surface area contributed by atoms with E-state index in [4.69, 9.17) is 14.3 Å². The molecule has 4 unspecified atom stereocenters. The van der Waals surface area contributed by atoms with Gasteiger partial charge in [0.15, 0.2) is 0 Å². The zero-order valence-electron chi connectivity index (χ0n) is 26.7. The number of likely N-dealkylation sites (tertiary alicyclic amines) is 1. The Kier molecular flexibility index (Phi) is 13.1.